The van der Waals surface area contributed by atoms with Gasteiger partial charge in [0.25, 0.3) is 0 Å². The number of aliphatic hydroxyl groups excluding tert-OH is 1. The van der Waals surface area contributed by atoms with E-state index in [9.17, 15) is 5.11 Å². The second-order valence-electron chi connectivity index (χ2n) is 3.82. The summed E-state index contributed by atoms with van der Waals surface area (Å²) in [6.07, 6.45) is 0.761. The van der Waals surface area contributed by atoms with Crippen LogP contribution in [0.3, 0.4) is 0 Å². The lowest BCUT2D eigenvalue weighted by atomic mass is 10.1. The van der Waals surface area contributed by atoms with Crippen molar-refractivity contribution in [2.45, 2.75) is 6.10 Å². The van der Waals surface area contributed by atoms with Gasteiger partial charge in [0.1, 0.15) is 25.1 Å². The molecular weight excluding hydrogens is 220 g/mol. The summed E-state index contributed by atoms with van der Waals surface area (Å²) < 4.78 is 16.1. The molecular formula is C13H12O4. The molecule has 2 aromatic rings. The summed E-state index contributed by atoms with van der Waals surface area (Å²) in [4.78, 5) is 0. The quantitative estimate of drug-likeness (QED) is 0.861. The molecule has 0 saturated carbocycles. The normalized spacial score (nSPS) is 15.6. The molecule has 1 aromatic carbocycles. The summed E-state index contributed by atoms with van der Waals surface area (Å²) in [5, 5.41) is 10.1. The fourth-order valence-corrected chi connectivity index (χ4v) is 1.84. The first-order valence-electron chi connectivity index (χ1n) is 5.45. The number of rotatable bonds is 2. The largest absolute Gasteiger partial charge is 0.486 e. The van der Waals surface area contributed by atoms with Gasteiger partial charge in [0.05, 0.1) is 6.26 Å². The van der Waals surface area contributed by atoms with Crippen molar-refractivity contribution < 1.29 is 19.0 Å². The Labute approximate surface area is 98.4 Å². The van der Waals surface area contributed by atoms with Gasteiger partial charge in [0.2, 0.25) is 0 Å². The van der Waals surface area contributed by atoms with E-state index in [4.69, 9.17) is 13.9 Å². The lowest BCUT2D eigenvalue weighted by molar-refractivity contribution is 0.167. The molecule has 0 amide bonds. The van der Waals surface area contributed by atoms with Crippen LogP contribution in [0.15, 0.2) is 41.0 Å². The standard InChI is InChI=1S/C13H12O4/c14-13(11-2-1-5-15-11)9-3-4-10-12(8-9)17-7-6-16-10/h1-5,8,13-14H,6-7H2/t13-/m0/s1. The van der Waals surface area contributed by atoms with Crippen LogP contribution in [0.4, 0.5) is 0 Å². The number of benzene rings is 1. The van der Waals surface area contributed by atoms with Crippen molar-refractivity contribution in [1.82, 2.24) is 0 Å². The predicted octanol–water partition coefficient (Wildman–Crippen LogP) is 2.13. The van der Waals surface area contributed by atoms with E-state index in [0.717, 1.165) is 5.56 Å². The minimum absolute atomic E-state index is 0.515. The van der Waals surface area contributed by atoms with Crippen LogP contribution < -0.4 is 9.47 Å². The van der Waals surface area contributed by atoms with Gasteiger partial charge in [-0.25, -0.2) is 0 Å². The maximum Gasteiger partial charge on any atom is 0.161 e. The van der Waals surface area contributed by atoms with Crippen LogP contribution in [0.5, 0.6) is 11.5 Å². The van der Waals surface area contributed by atoms with Gasteiger partial charge in [-0.05, 0) is 29.8 Å². The maximum absolute atomic E-state index is 10.1. The third-order valence-electron chi connectivity index (χ3n) is 2.69. The Morgan fingerprint density at radius 3 is 2.65 bits per heavy atom. The fraction of sp³-hybridized carbons (Fsp3) is 0.231. The van der Waals surface area contributed by atoms with E-state index in [0.29, 0.717) is 30.5 Å². The van der Waals surface area contributed by atoms with Crippen LogP contribution in [0, 0.1) is 0 Å². The minimum Gasteiger partial charge on any atom is -0.486 e. The van der Waals surface area contributed by atoms with E-state index in [1.165, 1.54) is 6.26 Å². The molecule has 0 unspecified atom stereocenters. The molecule has 17 heavy (non-hydrogen) atoms. The van der Waals surface area contributed by atoms with Gasteiger partial charge in [-0.15, -0.1) is 0 Å². The Morgan fingerprint density at radius 2 is 1.88 bits per heavy atom. The molecule has 1 N–H and O–H groups in total. The van der Waals surface area contributed by atoms with Gasteiger partial charge in [-0.3, -0.25) is 0 Å². The summed E-state index contributed by atoms with van der Waals surface area (Å²) >= 11 is 0. The molecule has 0 fully saturated rings. The maximum atomic E-state index is 10.1. The fourth-order valence-electron chi connectivity index (χ4n) is 1.84. The van der Waals surface area contributed by atoms with E-state index in [-0.39, 0.29) is 0 Å². The number of hydrogen-bond donors (Lipinski definition) is 1. The zero-order chi connectivity index (χ0) is 11.7. The Balaban J connectivity index is 1.93. The van der Waals surface area contributed by atoms with Gasteiger partial charge < -0.3 is 19.0 Å². The second-order valence-corrected chi connectivity index (χ2v) is 3.82. The smallest absolute Gasteiger partial charge is 0.161 e. The highest BCUT2D eigenvalue weighted by Gasteiger charge is 2.17. The molecule has 1 atom stereocenters. The van der Waals surface area contributed by atoms with Crippen molar-refractivity contribution in [2.24, 2.45) is 0 Å². The van der Waals surface area contributed by atoms with Crippen molar-refractivity contribution >= 4 is 0 Å². The predicted molar refractivity (Wildman–Crippen MR) is 60.2 cm³/mol. The summed E-state index contributed by atoms with van der Waals surface area (Å²) in [5.74, 6) is 1.90. The van der Waals surface area contributed by atoms with Gasteiger partial charge in [-0.1, -0.05) is 6.07 Å². The van der Waals surface area contributed by atoms with E-state index >= 15 is 0 Å². The average molecular weight is 232 g/mol. The van der Waals surface area contributed by atoms with E-state index < -0.39 is 6.10 Å². The summed E-state index contributed by atoms with van der Waals surface area (Å²) in [7, 11) is 0. The number of furan rings is 1. The molecule has 0 spiro atoms. The summed E-state index contributed by atoms with van der Waals surface area (Å²) in [5.41, 5.74) is 0.726. The Kier molecular flexibility index (Phi) is 2.49. The highest BCUT2D eigenvalue weighted by atomic mass is 16.6. The molecule has 1 aromatic heterocycles. The lowest BCUT2D eigenvalue weighted by Crippen LogP contribution is -2.15. The molecule has 3 rings (SSSR count). The lowest BCUT2D eigenvalue weighted by Gasteiger charge is -2.19. The van der Waals surface area contributed by atoms with Crippen LogP contribution in [0.1, 0.15) is 17.4 Å². The van der Waals surface area contributed by atoms with Gasteiger partial charge in [0.15, 0.2) is 11.5 Å². The monoisotopic (exact) mass is 232 g/mol. The van der Waals surface area contributed by atoms with Gasteiger partial charge in [0, 0.05) is 0 Å². The van der Waals surface area contributed by atoms with Gasteiger partial charge >= 0.3 is 0 Å². The number of hydrogen-bond acceptors (Lipinski definition) is 4. The number of fused-ring (bicyclic) bond motifs is 1. The van der Waals surface area contributed by atoms with Crippen molar-refractivity contribution in [3.05, 3.63) is 47.9 Å². The molecule has 1 aliphatic rings. The molecule has 0 bridgehead atoms. The van der Waals surface area contributed by atoms with Crippen LogP contribution in [0.25, 0.3) is 0 Å². The summed E-state index contributed by atoms with van der Waals surface area (Å²) in [6.45, 7) is 1.10. The van der Waals surface area contributed by atoms with E-state index in [2.05, 4.69) is 0 Å². The second kappa shape index (κ2) is 4.14. The highest BCUT2D eigenvalue weighted by Crippen LogP contribution is 2.34. The first kappa shape index (κ1) is 10.2. The molecule has 0 aliphatic carbocycles. The SMILES string of the molecule is O[C@@H](c1ccc2c(c1)OCCO2)c1ccco1. The molecule has 88 valence electrons. The zero-order valence-electron chi connectivity index (χ0n) is 9.13. The first-order chi connectivity index (χ1) is 8.34. The van der Waals surface area contributed by atoms with E-state index in [1.54, 1.807) is 30.3 Å². The van der Waals surface area contributed by atoms with Gasteiger partial charge in [-0.2, -0.15) is 0 Å². The van der Waals surface area contributed by atoms with E-state index in [1.807, 2.05) is 0 Å². The molecule has 0 saturated heterocycles. The molecule has 0 radical (unpaired) electrons. The molecule has 4 heteroatoms. The Bertz CT molecular complexity index is 504. The number of ether oxygens (including phenoxy) is 2. The van der Waals surface area contributed by atoms with Crippen LogP contribution in [-0.4, -0.2) is 18.3 Å². The van der Waals surface area contributed by atoms with Crippen molar-refractivity contribution in [1.29, 1.82) is 0 Å². The first-order valence-corrected chi connectivity index (χ1v) is 5.45. The Hall–Kier alpha value is -1.94. The van der Waals surface area contributed by atoms with Crippen molar-refractivity contribution in [3.63, 3.8) is 0 Å². The summed E-state index contributed by atoms with van der Waals surface area (Å²) in [6, 6.07) is 8.87. The zero-order valence-corrected chi connectivity index (χ0v) is 9.13. The average Bonchev–Trinajstić information content (AvgIpc) is 2.91. The van der Waals surface area contributed by atoms with Crippen LogP contribution in [-0.2, 0) is 0 Å². The highest BCUT2D eigenvalue weighted by molar-refractivity contribution is 5.45. The Morgan fingerprint density at radius 1 is 1.06 bits per heavy atom. The topological polar surface area (TPSA) is 51.8 Å². The number of aliphatic hydroxyl groups is 1. The molecule has 4 nitrogen and oxygen atoms in total. The molecule has 1 aliphatic heterocycles. The van der Waals surface area contributed by atoms with Crippen LogP contribution >= 0.6 is 0 Å². The van der Waals surface area contributed by atoms with Crippen LogP contribution in [0.2, 0.25) is 0 Å². The minimum atomic E-state index is -0.777. The third-order valence-corrected chi connectivity index (χ3v) is 2.69. The van der Waals surface area contributed by atoms with Crippen molar-refractivity contribution in [3.8, 4) is 11.5 Å². The third kappa shape index (κ3) is 1.87. The van der Waals surface area contributed by atoms with Crippen molar-refractivity contribution in [2.75, 3.05) is 13.2 Å². The molecule has 2 heterocycles.